The van der Waals surface area contributed by atoms with Gasteiger partial charge in [0.2, 0.25) is 0 Å². The molecule has 0 saturated heterocycles. The number of anilines is 1. The Hall–Kier alpha value is -1.86. The maximum Gasteiger partial charge on any atom is 0.433 e. The molecule has 5 nitrogen and oxygen atoms in total. The summed E-state index contributed by atoms with van der Waals surface area (Å²) in [4.78, 5) is 12.6. The largest absolute Gasteiger partial charge is 0.433 e. The molecule has 0 saturated carbocycles. The first-order chi connectivity index (χ1) is 6.86. The fraction of sp³-hybridized carbons (Fsp3) is 0.286. The molecule has 0 amide bonds. The molecule has 0 unspecified atom stereocenters. The van der Waals surface area contributed by atoms with Gasteiger partial charge in [-0.15, -0.1) is 0 Å². The Balaban J connectivity index is 3.25. The van der Waals surface area contributed by atoms with Crippen LogP contribution in [0.25, 0.3) is 0 Å². The molecule has 0 bridgehead atoms. The molecule has 0 aliphatic heterocycles. The molecular formula is C7H6F3N3O2. The van der Waals surface area contributed by atoms with Crippen LogP contribution in [0.15, 0.2) is 12.3 Å². The zero-order chi connectivity index (χ0) is 11.6. The van der Waals surface area contributed by atoms with E-state index in [1.54, 1.807) is 0 Å². The van der Waals surface area contributed by atoms with Crippen molar-refractivity contribution in [3.63, 3.8) is 0 Å². The molecule has 1 N–H and O–H groups in total. The van der Waals surface area contributed by atoms with Crippen molar-refractivity contribution in [2.24, 2.45) is 0 Å². The average Bonchev–Trinajstić information content (AvgIpc) is 2.15. The minimum absolute atomic E-state index is 0.220. The van der Waals surface area contributed by atoms with Gasteiger partial charge in [-0.25, -0.2) is 4.98 Å². The van der Waals surface area contributed by atoms with E-state index in [9.17, 15) is 23.3 Å². The second-order valence-electron chi connectivity index (χ2n) is 2.59. The van der Waals surface area contributed by atoms with Crippen molar-refractivity contribution in [3.8, 4) is 0 Å². The smallest absolute Gasteiger partial charge is 0.382 e. The van der Waals surface area contributed by atoms with E-state index in [0.29, 0.717) is 12.3 Å². The van der Waals surface area contributed by atoms with E-state index in [0.717, 1.165) is 0 Å². The van der Waals surface area contributed by atoms with Gasteiger partial charge in [0.1, 0.15) is 17.6 Å². The fourth-order valence-electron chi connectivity index (χ4n) is 0.949. The third kappa shape index (κ3) is 2.33. The van der Waals surface area contributed by atoms with Crippen molar-refractivity contribution in [1.82, 2.24) is 4.98 Å². The highest BCUT2D eigenvalue weighted by molar-refractivity contribution is 5.60. The highest BCUT2D eigenvalue weighted by Crippen LogP contribution is 2.32. The van der Waals surface area contributed by atoms with Gasteiger partial charge in [-0.3, -0.25) is 10.1 Å². The molecule has 1 heterocycles. The monoisotopic (exact) mass is 221 g/mol. The number of halogens is 3. The maximum atomic E-state index is 12.2. The van der Waals surface area contributed by atoms with Gasteiger partial charge in [0.05, 0.1) is 4.92 Å². The van der Waals surface area contributed by atoms with Crippen LogP contribution >= 0.6 is 0 Å². The maximum absolute atomic E-state index is 12.2. The number of nitro groups is 1. The van der Waals surface area contributed by atoms with Crippen molar-refractivity contribution in [3.05, 3.63) is 28.1 Å². The third-order valence-corrected chi connectivity index (χ3v) is 1.64. The molecule has 1 rings (SSSR count). The van der Waals surface area contributed by atoms with Gasteiger partial charge in [0.25, 0.3) is 0 Å². The molecule has 0 aromatic carbocycles. The Morgan fingerprint density at radius 1 is 1.53 bits per heavy atom. The van der Waals surface area contributed by atoms with Crippen LogP contribution in [0.2, 0.25) is 0 Å². The van der Waals surface area contributed by atoms with Gasteiger partial charge in [0, 0.05) is 7.05 Å². The lowest BCUT2D eigenvalue weighted by Gasteiger charge is -2.07. The third-order valence-electron chi connectivity index (χ3n) is 1.64. The Labute approximate surface area is 82.1 Å². The summed E-state index contributed by atoms with van der Waals surface area (Å²) >= 11 is 0. The van der Waals surface area contributed by atoms with Crippen LogP contribution < -0.4 is 5.32 Å². The molecular weight excluding hydrogens is 215 g/mol. The molecule has 0 aliphatic carbocycles. The lowest BCUT2D eigenvalue weighted by molar-refractivity contribution is -0.384. The first kappa shape index (κ1) is 11.2. The molecule has 1 aromatic rings. The predicted molar refractivity (Wildman–Crippen MR) is 45.4 cm³/mol. The van der Waals surface area contributed by atoms with E-state index in [1.165, 1.54) is 7.05 Å². The van der Waals surface area contributed by atoms with Crippen LogP contribution in [0.1, 0.15) is 5.69 Å². The van der Waals surface area contributed by atoms with Crippen molar-refractivity contribution >= 4 is 11.4 Å². The number of pyridine rings is 1. The fourth-order valence-corrected chi connectivity index (χ4v) is 0.949. The van der Waals surface area contributed by atoms with Crippen LogP contribution in [0.5, 0.6) is 0 Å². The molecule has 0 spiro atoms. The highest BCUT2D eigenvalue weighted by atomic mass is 19.4. The molecule has 15 heavy (non-hydrogen) atoms. The number of nitrogens with zero attached hydrogens (tertiary/aromatic N) is 2. The SMILES string of the molecule is CNc1cc(C(F)(F)F)ncc1[N+](=O)[O-]. The molecule has 8 heteroatoms. The van der Waals surface area contributed by atoms with Gasteiger partial charge in [-0.1, -0.05) is 0 Å². The molecule has 0 atom stereocenters. The first-order valence-corrected chi connectivity index (χ1v) is 3.75. The van der Waals surface area contributed by atoms with Crippen molar-refractivity contribution in [2.45, 2.75) is 6.18 Å². The number of aromatic nitrogens is 1. The Bertz CT molecular complexity index is 392. The van der Waals surface area contributed by atoms with Crippen LogP contribution in [-0.2, 0) is 6.18 Å². The zero-order valence-corrected chi connectivity index (χ0v) is 7.50. The normalized spacial score (nSPS) is 11.2. The average molecular weight is 221 g/mol. The number of hydrogen-bond donors (Lipinski definition) is 1. The Kier molecular flexibility index (Phi) is 2.78. The molecule has 0 fully saturated rings. The Morgan fingerprint density at radius 2 is 2.13 bits per heavy atom. The van der Waals surface area contributed by atoms with Gasteiger partial charge in [0.15, 0.2) is 0 Å². The van der Waals surface area contributed by atoms with Crippen LogP contribution in [-0.4, -0.2) is 17.0 Å². The minimum atomic E-state index is -4.61. The standard InChI is InChI=1S/C7H6F3N3O2/c1-11-4-2-6(7(8,9)10)12-3-5(4)13(14)15/h2-3H,1H3,(H,11,12). The van der Waals surface area contributed by atoms with Crippen LogP contribution in [0.4, 0.5) is 24.5 Å². The van der Waals surface area contributed by atoms with Crippen molar-refractivity contribution < 1.29 is 18.1 Å². The summed E-state index contributed by atoms with van der Waals surface area (Å²) in [5, 5.41) is 12.7. The van der Waals surface area contributed by atoms with E-state index < -0.39 is 22.5 Å². The topological polar surface area (TPSA) is 68.1 Å². The summed E-state index contributed by atoms with van der Waals surface area (Å²) in [5.74, 6) is 0. The lowest BCUT2D eigenvalue weighted by atomic mass is 10.3. The minimum Gasteiger partial charge on any atom is -0.382 e. The van der Waals surface area contributed by atoms with Crippen molar-refractivity contribution in [1.29, 1.82) is 0 Å². The van der Waals surface area contributed by atoms with E-state index in [-0.39, 0.29) is 5.69 Å². The van der Waals surface area contributed by atoms with E-state index in [1.807, 2.05) is 0 Å². The van der Waals surface area contributed by atoms with Crippen molar-refractivity contribution in [2.75, 3.05) is 12.4 Å². The summed E-state index contributed by atoms with van der Waals surface area (Å²) < 4.78 is 36.5. The van der Waals surface area contributed by atoms with Gasteiger partial charge < -0.3 is 5.32 Å². The van der Waals surface area contributed by atoms with E-state index in [2.05, 4.69) is 10.3 Å². The van der Waals surface area contributed by atoms with Crippen LogP contribution in [0.3, 0.4) is 0 Å². The number of alkyl halides is 3. The number of hydrogen-bond acceptors (Lipinski definition) is 4. The molecule has 0 aliphatic rings. The molecule has 0 radical (unpaired) electrons. The first-order valence-electron chi connectivity index (χ1n) is 3.75. The summed E-state index contributed by atoms with van der Waals surface area (Å²) in [6, 6.07) is 0.595. The summed E-state index contributed by atoms with van der Waals surface area (Å²) in [5.41, 5.74) is -1.88. The predicted octanol–water partition coefficient (Wildman–Crippen LogP) is 2.05. The summed E-state index contributed by atoms with van der Waals surface area (Å²) in [7, 11) is 1.29. The lowest BCUT2D eigenvalue weighted by Crippen LogP contribution is -2.09. The second kappa shape index (κ2) is 3.71. The Morgan fingerprint density at radius 3 is 2.53 bits per heavy atom. The van der Waals surface area contributed by atoms with Crippen LogP contribution in [0, 0.1) is 10.1 Å². The number of rotatable bonds is 2. The summed E-state index contributed by atoms with van der Waals surface area (Å²) in [6.45, 7) is 0. The van der Waals surface area contributed by atoms with Gasteiger partial charge >= 0.3 is 11.9 Å². The molecule has 82 valence electrons. The summed E-state index contributed by atoms with van der Waals surface area (Å²) in [6.07, 6.45) is -4.03. The number of nitrogens with one attached hydrogen (secondary N) is 1. The molecule has 1 aromatic heterocycles. The van der Waals surface area contributed by atoms with Gasteiger partial charge in [-0.2, -0.15) is 13.2 Å². The van der Waals surface area contributed by atoms with E-state index >= 15 is 0 Å². The second-order valence-corrected chi connectivity index (χ2v) is 2.59. The highest BCUT2D eigenvalue weighted by Gasteiger charge is 2.34. The van der Waals surface area contributed by atoms with Gasteiger partial charge in [-0.05, 0) is 6.07 Å². The quantitative estimate of drug-likeness (QED) is 0.613. The van der Waals surface area contributed by atoms with E-state index in [4.69, 9.17) is 0 Å². The zero-order valence-electron chi connectivity index (χ0n) is 7.50.